The molecule has 0 aliphatic carbocycles. The Bertz CT molecular complexity index is 723. The van der Waals surface area contributed by atoms with E-state index in [1.807, 2.05) is 17.9 Å². The van der Waals surface area contributed by atoms with Crippen LogP contribution in [-0.2, 0) is 20.0 Å². The Labute approximate surface area is 125 Å². The van der Waals surface area contributed by atoms with Gasteiger partial charge in [-0.05, 0) is 31.1 Å². The first-order chi connectivity index (χ1) is 10.3. The van der Waals surface area contributed by atoms with Crippen LogP contribution in [0, 0.1) is 0 Å². The van der Waals surface area contributed by atoms with E-state index in [9.17, 15) is 0 Å². The number of nitrogens with one attached hydrogen (secondary N) is 1. The maximum Gasteiger partial charge on any atom is 0.0539 e. The van der Waals surface area contributed by atoms with Gasteiger partial charge >= 0.3 is 0 Å². The largest absolute Gasteiger partial charge is 0.343 e. The predicted molar refractivity (Wildman–Crippen MR) is 86.5 cm³/mol. The normalized spacial score (nSPS) is 11.3. The SMILES string of the molecule is CCNCCc1cn(Cc2cnn(C)c2)c2ccccc12. The summed E-state index contributed by atoms with van der Waals surface area (Å²) in [6.45, 7) is 5.06. The summed E-state index contributed by atoms with van der Waals surface area (Å²) in [5.41, 5.74) is 3.94. The third kappa shape index (κ3) is 3.00. The van der Waals surface area contributed by atoms with Gasteiger partial charge in [-0.25, -0.2) is 0 Å². The lowest BCUT2D eigenvalue weighted by molar-refractivity contribution is 0.715. The Hall–Kier alpha value is -2.07. The molecule has 1 aromatic carbocycles. The van der Waals surface area contributed by atoms with Gasteiger partial charge in [-0.3, -0.25) is 4.68 Å². The number of likely N-dealkylation sites (N-methyl/N-ethyl adjacent to an activating group) is 1. The zero-order chi connectivity index (χ0) is 14.7. The van der Waals surface area contributed by atoms with Gasteiger partial charge in [-0.2, -0.15) is 5.10 Å². The average molecular weight is 282 g/mol. The molecule has 0 aliphatic heterocycles. The Morgan fingerprint density at radius 2 is 2.05 bits per heavy atom. The van der Waals surface area contributed by atoms with Crippen molar-refractivity contribution in [2.24, 2.45) is 7.05 Å². The topological polar surface area (TPSA) is 34.8 Å². The second-order valence-electron chi connectivity index (χ2n) is 5.43. The smallest absolute Gasteiger partial charge is 0.0539 e. The van der Waals surface area contributed by atoms with Gasteiger partial charge in [0, 0.05) is 35.9 Å². The molecular weight excluding hydrogens is 260 g/mol. The van der Waals surface area contributed by atoms with Crippen LogP contribution in [-0.4, -0.2) is 27.4 Å². The van der Waals surface area contributed by atoms with Crippen molar-refractivity contribution in [3.63, 3.8) is 0 Å². The lowest BCUT2D eigenvalue weighted by atomic mass is 10.1. The highest BCUT2D eigenvalue weighted by atomic mass is 15.2. The minimum absolute atomic E-state index is 0.871. The van der Waals surface area contributed by atoms with Crippen LogP contribution in [0.2, 0.25) is 0 Å². The number of nitrogens with zero attached hydrogens (tertiary/aromatic N) is 3. The lowest BCUT2D eigenvalue weighted by Crippen LogP contribution is -2.15. The maximum atomic E-state index is 4.25. The number of rotatable bonds is 6. The molecule has 2 aromatic heterocycles. The third-order valence-electron chi connectivity index (χ3n) is 3.80. The summed E-state index contributed by atoms with van der Waals surface area (Å²) in [5, 5.41) is 9.02. The van der Waals surface area contributed by atoms with Crippen molar-refractivity contribution in [1.29, 1.82) is 0 Å². The van der Waals surface area contributed by atoms with Crippen molar-refractivity contribution >= 4 is 10.9 Å². The van der Waals surface area contributed by atoms with Crippen LogP contribution in [0.4, 0.5) is 0 Å². The van der Waals surface area contributed by atoms with Gasteiger partial charge in [0.25, 0.3) is 0 Å². The van der Waals surface area contributed by atoms with Crippen molar-refractivity contribution in [1.82, 2.24) is 19.7 Å². The minimum Gasteiger partial charge on any atom is -0.343 e. The highest BCUT2D eigenvalue weighted by molar-refractivity contribution is 5.84. The number of aryl methyl sites for hydroxylation is 1. The van der Waals surface area contributed by atoms with Crippen molar-refractivity contribution in [3.05, 3.63) is 54.0 Å². The highest BCUT2D eigenvalue weighted by Crippen LogP contribution is 2.22. The number of hydrogen-bond donors (Lipinski definition) is 1. The van der Waals surface area contributed by atoms with E-state index in [0.717, 1.165) is 26.1 Å². The average Bonchev–Trinajstić information content (AvgIpc) is 3.05. The van der Waals surface area contributed by atoms with E-state index in [-0.39, 0.29) is 0 Å². The van der Waals surface area contributed by atoms with Crippen LogP contribution >= 0.6 is 0 Å². The quantitative estimate of drug-likeness (QED) is 0.705. The van der Waals surface area contributed by atoms with Crippen LogP contribution in [0.1, 0.15) is 18.1 Å². The first-order valence-corrected chi connectivity index (χ1v) is 7.53. The molecule has 21 heavy (non-hydrogen) atoms. The molecule has 3 aromatic rings. The van der Waals surface area contributed by atoms with Crippen molar-refractivity contribution in [3.8, 4) is 0 Å². The molecule has 0 saturated carbocycles. The number of para-hydroxylation sites is 1. The minimum atomic E-state index is 0.871. The Morgan fingerprint density at radius 3 is 2.81 bits per heavy atom. The second kappa shape index (κ2) is 6.14. The molecule has 4 nitrogen and oxygen atoms in total. The first kappa shape index (κ1) is 13.9. The molecule has 2 heterocycles. The summed E-state index contributed by atoms with van der Waals surface area (Å²) in [4.78, 5) is 0. The molecule has 0 spiro atoms. The van der Waals surface area contributed by atoms with Gasteiger partial charge < -0.3 is 9.88 Å². The maximum absolute atomic E-state index is 4.25. The molecule has 0 atom stereocenters. The number of benzene rings is 1. The van der Waals surface area contributed by atoms with Crippen molar-refractivity contribution in [2.75, 3.05) is 13.1 Å². The van der Waals surface area contributed by atoms with E-state index in [0.29, 0.717) is 0 Å². The Balaban J connectivity index is 1.90. The third-order valence-corrected chi connectivity index (χ3v) is 3.80. The Kier molecular flexibility index (Phi) is 4.06. The van der Waals surface area contributed by atoms with E-state index >= 15 is 0 Å². The van der Waals surface area contributed by atoms with Crippen LogP contribution < -0.4 is 5.32 Å². The summed E-state index contributed by atoms with van der Waals surface area (Å²) >= 11 is 0. The molecule has 0 unspecified atom stereocenters. The Morgan fingerprint density at radius 1 is 1.19 bits per heavy atom. The molecule has 3 rings (SSSR count). The molecule has 4 heteroatoms. The summed E-state index contributed by atoms with van der Waals surface area (Å²) < 4.78 is 4.18. The molecule has 0 fully saturated rings. The van der Waals surface area contributed by atoms with Gasteiger partial charge in [0.1, 0.15) is 0 Å². The molecule has 0 amide bonds. The van der Waals surface area contributed by atoms with Gasteiger partial charge in [-0.15, -0.1) is 0 Å². The van der Waals surface area contributed by atoms with Crippen molar-refractivity contribution in [2.45, 2.75) is 19.9 Å². The molecule has 0 saturated heterocycles. The summed E-state index contributed by atoms with van der Waals surface area (Å²) in [6.07, 6.45) is 7.36. The van der Waals surface area contributed by atoms with Crippen LogP contribution in [0.25, 0.3) is 10.9 Å². The fourth-order valence-corrected chi connectivity index (χ4v) is 2.80. The van der Waals surface area contributed by atoms with Crippen LogP contribution in [0.3, 0.4) is 0 Å². The fraction of sp³-hybridized carbons (Fsp3) is 0.353. The number of fused-ring (bicyclic) bond motifs is 1. The summed E-state index contributed by atoms with van der Waals surface area (Å²) in [5.74, 6) is 0. The molecule has 0 aliphatic rings. The van der Waals surface area contributed by atoms with E-state index < -0.39 is 0 Å². The van der Waals surface area contributed by atoms with E-state index in [2.05, 4.69) is 58.6 Å². The zero-order valence-corrected chi connectivity index (χ0v) is 12.7. The van der Waals surface area contributed by atoms with E-state index in [1.165, 1.54) is 22.0 Å². The zero-order valence-electron chi connectivity index (χ0n) is 12.7. The van der Waals surface area contributed by atoms with Gasteiger partial charge in [0.15, 0.2) is 0 Å². The highest BCUT2D eigenvalue weighted by Gasteiger charge is 2.08. The standard InChI is InChI=1S/C17H22N4/c1-3-18-9-8-15-13-21(12-14-10-19-20(2)11-14)17-7-5-4-6-16(15)17/h4-7,10-11,13,18H,3,8-9,12H2,1-2H3. The molecule has 0 radical (unpaired) electrons. The van der Waals surface area contributed by atoms with Crippen LogP contribution in [0.15, 0.2) is 42.9 Å². The molecule has 1 N–H and O–H groups in total. The van der Waals surface area contributed by atoms with Crippen molar-refractivity contribution < 1.29 is 0 Å². The predicted octanol–water partition coefficient (Wildman–Crippen LogP) is 2.58. The monoisotopic (exact) mass is 282 g/mol. The first-order valence-electron chi connectivity index (χ1n) is 7.53. The summed E-state index contributed by atoms with van der Waals surface area (Å²) in [7, 11) is 1.96. The molecular formula is C17H22N4. The fourth-order valence-electron chi connectivity index (χ4n) is 2.80. The van der Waals surface area contributed by atoms with Crippen LogP contribution in [0.5, 0.6) is 0 Å². The lowest BCUT2D eigenvalue weighted by Gasteiger charge is -2.02. The molecule has 110 valence electrons. The van der Waals surface area contributed by atoms with Gasteiger partial charge in [-0.1, -0.05) is 25.1 Å². The van der Waals surface area contributed by atoms with Gasteiger partial charge in [0.05, 0.1) is 12.7 Å². The number of aromatic nitrogens is 3. The van der Waals surface area contributed by atoms with E-state index in [1.54, 1.807) is 0 Å². The second-order valence-corrected chi connectivity index (χ2v) is 5.43. The van der Waals surface area contributed by atoms with Gasteiger partial charge in [0.2, 0.25) is 0 Å². The molecule has 0 bridgehead atoms. The van der Waals surface area contributed by atoms with E-state index in [4.69, 9.17) is 0 Å². The number of hydrogen-bond acceptors (Lipinski definition) is 2. The summed E-state index contributed by atoms with van der Waals surface area (Å²) in [6, 6.07) is 8.64.